The number of fused-ring (bicyclic) bond motifs is 1. The van der Waals surface area contributed by atoms with Crippen LogP contribution in [0.15, 0.2) is 70.2 Å². The van der Waals surface area contributed by atoms with Crippen molar-refractivity contribution >= 4 is 38.8 Å². The third-order valence-electron chi connectivity index (χ3n) is 3.73. The molecule has 0 aromatic heterocycles. The Morgan fingerprint density at radius 1 is 1.08 bits per heavy atom. The Morgan fingerprint density at radius 3 is 2.65 bits per heavy atom. The molecule has 3 aromatic carbocycles. The van der Waals surface area contributed by atoms with E-state index in [0.717, 1.165) is 20.8 Å². The maximum Gasteiger partial charge on any atom is 0.277 e. The molecule has 1 N–H and O–H groups in total. The summed E-state index contributed by atoms with van der Waals surface area (Å²) >= 11 is 3.37. The molecule has 0 aliphatic rings. The van der Waals surface area contributed by atoms with Crippen LogP contribution < -0.4 is 14.9 Å². The average Bonchev–Trinajstić information content (AvgIpc) is 2.67. The third kappa shape index (κ3) is 4.21. The number of amides is 1. The predicted molar refractivity (Wildman–Crippen MR) is 106 cm³/mol. The van der Waals surface area contributed by atoms with Gasteiger partial charge in [-0.1, -0.05) is 42.5 Å². The number of carbonyl (C=O) groups excluding carboxylic acids is 1. The fourth-order valence-corrected chi connectivity index (χ4v) is 2.89. The van der Waals surface area contributed by atoms with Crippen LogP contribution in [0.4, 0.5) is 0 Å². The molecule has 0 saturated heterocycles. The normalized spacial score (nSPS) is 10.8. The van der Waals surface area contributed by atoms with E-state index in [1.54, 1.807) is 19.4 Å². The van der Waals surface area contributed by atoms with Gasteiger partial charge in [0.1, 0.15) is 11.5 Å². The second-order valence-electron chi connectivity index (χ2n) is 5.41. The van der Waals surface area contributed by atoms with Gasteiger partial charge in [0.15, 0.2) is 6.61 Å². The minimum Gasteiger partial charge on any atom is -0.496 e. The molecule has 0 radical (unpaired) electrons. The van der Waals surface area contributed by atoms with Crippen molar-refractivity contribution in [3.8, 4) is 11.5 Å². The van der Waals surface area contributed by atoms with Crippen molar-refractivity contribution in [1.82, 2.24) is 5.43 Å². The van der Waals surface area contributed by atoms with Crippen LogP contribution in [0, 0.1) is 0 Å². The molecule has 0 fully saturated rings. The molecule has 3 rings (SSSR count). The highest BCUT2D eigenvalue weighted by molar-refractivity contribution is 9.10. The summed E-state index contributed by atoms with van der Waals surface area (Å²) in [7, 11) is 1.60. The van der Waals surface area contributed by atoms with Crippen molar-refractivity contribution in [2.45, 2.75) is 0 Å². The van der Waals surface area contributed by atoms with Gasteiger partial charge in [0.25, 0.3) is 5.91 Å². The van der Waals surface area contributed by atoms with Crippen LogP contribution in [-0.4, -0.2) is 25.8 Å². The summed E-state index contributed by atoms with van der Waals surface area (Å²) in [5.74, 6) is 0.935. The molecule has 132 valence electrons. The number of carbonyl (C=O) groups is 1. The second kappa shape index (κ2) is 8.49. The van der Waals surface area contributed by atoms with E-state index in [9.17, 15) is 4.79 Å². The van der Waals surface area contributed by atoms with Crippen molar-refractivity contribution < 1.29 is 14.3 Å². The molecular formula is C20H17BrN2O3. The van der Waals surface area contributed by atoms with E-state index < -0.39 is 0 Å². The van der Waals surface area contributed by atoms with Crippen LogP contribution >= 0.6 is 15.9 Å². The highest BCUT2D eigenvalue weighted by Crippen LogP contribution is 2.26. The van der Waals surface area contributed by atoms with Crippen molar-refractivity contribution in [3.63, 3.8) is 0 Å². The van der Waals surface area contributed by atoms with Gasteiger partial charge in [-0.05, 0) is 44.9 Å². The molecule has 0 saturated carbocycles. The summed E-state index contributed by atoms with van der Waals surface area (Å²) in [4.78, 5) is 11.9. The molecule has 3 aromatic rings. The maximum atomic E-state index is 11.9. The summed E-state index contributed by atoms with van der Waals surface area (Å²) in [5.41, 5.74) is 3.27. The van der Waals surface area contributed by atoms with Crippen LogP contribution in [0.25, 0.3) is 10.8 Å². The van der Waals surface area contributed by atoms with Crippen molar-refractivity contribution in [2.24, 2.45) is 5.10 Å². The van der Waals surface area contributed by atoms with Gasteiger partial charge < -0.3 is 9.47 Å². The van der Waals surface area contributed by atoms with E-state index in [0.29, 0.717) is 11.5 Å². The molecular weight excluding hydrogens is 396 g/mol. The SMILES string of the molecule is COc1ccc2ccccc2c1/C=N/NC(=O)COc1ccccc1Br. The van der Waals surface area contributed by atoms with Gasteiger partial charge in [-0.25, -0.2) is 5.43 Å². The van der Waals surface area contributed by atoms with Gasteiger partial charge in [0.2, 0.25) is 0 Å². The molecule has 1 amide bonds. The van der Waals surface area contributed by atoms with Gasteiger partial charge in [-0.2, -0.15) is 5.10 Å². The molecule has 0 spiro atoms. The number of hydrogen-bond acceptors (Lipinski definition) is 4. The van der Waals surface area contributed by atoms with E-state index in [4.69, 9.17) is 9.47 Å². The predicted octanol–water partition coefficient (Wildman–Crippen LogP) is 4.14. The minimum absolute atomic E-state index is 0.132. The van der Waals surface area contributed by atoms with Crippen molar-refractivity contribution in [2.75, 3.05) is 13.7 Å². The van der Waals surface area contributed by atoms with Crippen LogP contribution in [0.1, 0.15) is 5.56 Å². The van der Waals surface area contributed by atoms with Gasteiger partial charge in [-0.15, -0.1) is 0 Å². The van der Waals surface area contributed by atoms with Crippen LogP contribution in [-0.2, 0) is 4.79 Å². The first-order valence-corrected chi connectivity index (χ1v) is 8.73. The molecule has 6 heteroatoms. The topological polar surface area (TPSA) is 59.9 Å². The molecule has 0 aliphatic carbocycles. The van der Waals surface area contributed by atoms with E-state index in [1.165, 1.54) is 0 Å². The van der Waals surface area contributed by atoms with E-state index in [-0.39, 0.29) is 12.5 Å². The zero-order valence-corrected chi connectivity index (χ0v) is 15.7. The number of ether oxygens (including phenoxy) is 2. The number of methoxy groups -OCH3 is 1. The Hall–Kier alpha value is -2.86. The Labute approximate surface area is 159 Å². The zero-order valence-electron chi connectivity index (χ0n) is 14.1. The first kappa shape index (κ1) is 17.9. The first-order valence-electron chi connectivity index (χ1n) is 7.94. The lowest BCUT2D eigenvalue weighted by Crippen LogP contribution is -2.24. The number of halogens is 1. The molecule has 0 atom stereocenters. The minimum atomic E-state index is -0.351. The van der Waals surface area contributed by atoms with Gasteiger partial charge in [0.05, 0.1) is 17.8 Å². The summed E-state index contributed by atoms with van der Waals surface area (Å²) in [5, 5.41) is 6.10. The number of para-hydroxylation sites is 1. The second-order valence-corrected chi connectivity index (χ2v) is 6.27. The number of nitrogens with one attached hydrogen (secondary N) is 1. The largest absolute Gasteiger partial charge is 0.496 e. The molecule has 26 heavy (non-hydrogen) atoms. The number of benzene rings is 3. The molecule has 0 aliphatic heterocycles. The van der Waals surface area contributed by atoms with Crippen LogP contribution in [0.5, 0.6) is 11.5 Å². The highest BCUT2D eigenvalue weighted by Gasteiger charge is 2.07. The fraction of sp³-hybridized carbons (Fsp3) is 0.100. The summed E-state index contributed by atoms with van der Waals surface area (Å²) in [6, 6.07) is 19.1. The standard InChI is InChI=1S/C20H17BrN2O3/c1-25-18-11-10-14-6-2-3-7-15(14)16(18)12-22-23-20(24)13-26-19-9-5-4-8-17(19)21/h2-12H,13H2,1H3,(H,23,24)/b22-12+. The first-order chi connectivity index (χ1) is 12.7. The maximum absolute atomic E-state index is 11.9. The zero-order chi connectivity index (χ0) is 18.4. The van der Waals surface area contributed by atoms with E-state index >= 15 is 0 Å². The third-order valence-corrected chi connectivity index (χ3v) is 4.38. The van der Waals surface area contributed by atoms with Crippen molar-refractivity contribution in [1.29, 1.82) is 0 Å². The Morgan fingerprint density at radius 2 is 1.85 bits per heavy atom. The average molecular weight is 413 g/mol. The molecule has 5 nitrogen and oxygen atoms in total. The summed E-state index contributed by atoms with van der Waals surface area (Å²) in [6.07, 6.45) is 1.58. The van der Waals surface area contributed by atoms with Crippen LogP contribution in [0.2, 0.25) is 0 Å². The van der Waals surface area contributed by atoms with Gasteiger partial charge in [0, 0.05) is 5.56 Å². The Balaban J connectivity index is 1.68. The number of nitrogens with zero attached hydrogens (tertiary/aromatic N) is 1. The number of hydrogen-bond donors (Lipinski definition) is 1. The highest BCUT2D eigenvalue weighted by atomic mass is 79.9. The van der Waals surface area contributed by atoms with Crippen molar-refractivity contribution in [3.05, 3.63) is 70.7 Å². The molecule has 0 heterocycles. The van der Waals surface area contributed by atoms with Gasteiger partial charge >= 0.3 is 0 Å². The number of rotatable bonds is 6. The summed E-state index contributed by atoms with van der Waals surface area (Å²) in [6.45, 7) is -0.132. The number of hydrazone groups is 1. The quantitative estimate of drug-likeness (QED) is 0.488. The lowest BCUT2D eigenvalue weighted by molar-refractivity contribution is -0.123. The monoisotopic (exact) mass is 412 g/mol. The smallest absolute Gasteiger partial charge is 0.277 e. The molecule has 0 unspecified atom stereocenters. The van der Waals surface area contributed by atoms with E-state index in [1.807, 2.05) is 54.6 Å². The molecule has 0 bridgehead atoms. The Bertz CT molecular complexity index is 957. The summed E-state index contributed by atoms with van der Waals surface area (Å²) < 4.78 is 11.6. The van der Waals surface area contributed by atoms with Gasteiger partial charge in [-0.3, -0.25) is 4.79 Å². The lowest BCUT2D eigenvalue weighted by Gasteiger charge is -2.09. The fourth-order valence-electron chi connectivity index (χ4n) is 2.49. The lowest BCUT2D eigenvalue weighted by atomic mass is 10.0. The Kier molecular flexibility index (Phi) is 5.86. The van der Waals surface area contributed by atoms with E-state index in [2.05, 4.69) is 26.5 Å². The van der Waals surface area contributed by atoms with Crippen LogP contribution in [0.3, 0.4) is 0 Å².